The lowest BCUT2D eigenvalue weighted by Crippen LogP contribution is -2.55. The molecule has 0 bridgehead atoms. The van der Waals surface area contributed by atoms with Crippen molar-refractivity contribution in [1.82, 2.24) is 0 Å². The molecule has 9 heteroatoms. The first-order valence-electron chi connectivity index (χ1n) is 16.2. The predicted molar refractivity (Wildman–Crippen MR) is 182 cm³/mol. The first kappa shape index (κ1) is 32.0. The summed E-state index contributed by atoms with van der Waals surface area (Å²) >= 11 is 3.84. The molecule has 2 aromatic heterocycles. The molecular weight excluding hydrogens is 562 g/mol. The monoisotopic (exact) mass is 614 g/mol. The molecule has 0 amide bonds. The van der Waals surface area contributed by atoms with Crippen LogP contribution >= 0.6 is 22.7 Å². The molecule has 0 aromatic carbocycles. The molecule has 2 fully saturated rings. The number of thiophene rings is 2. The minimum Gasteiger partial charge on any atom is -0.399 e. The van der Waals surface area contributed by atoms with Crippen LogP contribution < -0.4 is 19.9 Å². The third-order valence-electron chi connectivity index (χ3n) is 10.6. The quantitative estimate of drug-likeness (QED) is 0.189. The van der Waals surface area contributed by atoms with Gasteiger partial charge in [-0.05, 0) is 77.9 Å². The Hall–Kier alpha value is -0.413. The third-order valence-corrected chi connectivity index (χ3v) is 18.7. The molecule has 0 radical (unpaired) electrons. The SMILES string of the molecule is CCCCCC[Si]1(CCCCCC)c2cc(B3OC(C)(C)C(C)(C)O3)sc2-c2sc(B3OC(C)(C)C(C)(C)O3)cc21. The summed E-state index contributed by atoms with van der Waals surface area (Å²) in [6, 6.07) is 7.71. The van der Waals surface area contributed by atoms with Crippen molar-refractivity contribution in [3.05, 3.63) is 12.1 Å². The van der Waals surface area contributed by atoms with Gasteiger partial charge in [0.25, 0.3) is 0 Å². The minimum absolute atomic E-state index is 0.298. The van der Waals surface area contributed by atoms with Gasteiger partial charge in [0.2, 0.25) is 0 Å². The van der Waals surface area contributed by atoms with E-state index < -0.39 is 8.07 Å². The molecule has 2 saturated heterocycles. The zero-order valence-electron chi connectivity index (χ0n) is 27.3. The van der Waals surface area contributed by atoms with Gasteiger partial charge < -0.3 is 18.6 Å². The van der Waals surface area contributed by atoms with Gasteiger partial charge in [-0.3, -0.25) is 0 Å². The molecule has 0 atom stereocenters. The summed E-state index contributed by atoms with van der Waals surface area (Å²) < 4.78 is 28.8. The highest BCUT2D eigenvalue weighted by Gasteiger charge is 2.56. The number of hydrogen-bond donors (Lipinski definition) is 0. The molecule has 0 N–H and O–H groups in total. The van der Waals surface area contributed by atoms with Gasteiger partial charge in [0.15, 0.2) is 0 Å². The average molecular weight is 615 g/mol. The second kappa shape index (κ2) is 11.5. The molecule has 5 rings (SSSR count). The molecule has 3 aliphatic rings. The van der Waals surface area contributed by atoms with E-state index in [1.165, 1.54) is 82.8 Å². The van der Waals surface area contributed by atoms with Crippen LogP contribution in [0.1, 0.15) is 121 Å². The maximum atomic E-state index is 6.57. The Morgan fingerprint density at radius 2 is 0.902 bits per heavy atom. The van der Waals surface area contributed by atoms with Crippen LogP contribution in [0.15, 0.2) is 12.1 Å². The van der Waals surface area contributed by atoms with Crippen molar-refractivity contribution in [3.63, 3.8) is 0 Å². The molecule has 5 heterocycles. The van der Waals surface area contributed by atoms with Crippen LogP contribution in [0.4, 0.5) is 0 Å². The second-order valence-electron chi connectivity index (χ2n) is 14.7. The Morgan fingerprint density at radius 3 is 1.22 bits per heavy atom. The minimum atomic E-state index is -1.98. The van der Waals surface area contributed by atoms with E-state index in [4.69, 9.17) is 18.6 Å². The lowest BCUT2D eigenvalue weighted by Gasteiger charge is -2.32. The van der Waals surface area contributed by atoms with E-state index in [9.17, 15) is 0 Å². The third kappa shape index (κ3) is 5.64. The Labute approximate surface area is 259 Å². The van der Waals surface area contributed by atoms with E-state index in [1.54, 1.807) is 10.4 Å². The number of rotatable bonds is 12. The second-order valence-corrected chi connectivity index (χ2v) is 21.1. The highest BCUT2D eigenvalue weighted by molar-refractivity contribution is 7.36. The van der Waals surface area contributed by atoms with Gasteiger partial charge in [0.05, 0.1) is 22.4 Å². The smallest absolute Gasteiger partial charge is 0.399 e. The van der Waals surface area contributed by atoms with E-state index in [0.29, 0.717) is 0 Å². The first-order valence-corrected chi connectivity index (χ1v) is 20.2. The zero-order chi connectivity index (χ0) is 29.8. The summed E-state index contributed by atoms with van der Waals surface area (Å²) in [5, 5.41) is 3.31. The van der Waals surface area contributed by atoms with Gasteiger partial charge in [0, 0.05) is 19.3 Å². The normalized spacial score (nSPS) is 22.9. The van der Waals surface area contributed by atoms with Crippen LogP contribution in [0.5, 0.6) is 0 Å². The molecular formula is C32H52B2O4S2Si. The first-order chi connectivity index (χ1) is 19.2. The van der Waals surface area contributed by atoms with Crippen LogP contribution in [0, 0.1) is 0 Å². The molecule has 41 heavy (non-hydrogen) atoms. The fraction of sp³-hybridized carbons (Fsp3) is 0.750. The van der Waals surface area contributed by atoms with E-state index in [2.05, 4.69) is 81.4 Å². The summed E-state index contributed by atoms with van der Waals surface area (Å²) in [5.74, 6) is 0. The van der Waals surface area contributed by atoms with Crippen LogP contribution in [0.2, 0.25) is 12.1 Å². The standard InChI is InChI=1S/C32H52B2O4S2Si/c1-11-13-15-17-19-41(20-18-16-14-12-2)23-21-25(33-35-29(3,4)30(5,6)36-33)39-27(23)28-24(41)22-26(40-28)34-37-31(7,8)32(9,10)38-34/h21-22H,11-20H2,1-10H3. The Morgan fingerprint density at radius 1 is 0.561 bits per heavy atom. The molecule has 226 valence electrons. The van der Waals surface area contributed by atoms with E-state index in [-0.39, 0.29) is 36.6 Å². The molecule has 0 spiro atoms. The van der Waals surface area contributed by atoms with Crippen LogP contribution in [-0.4, -0.2) is 44.7 Å². The van der Waals surface area contributed by atoms with E-state index in [0.717, 1.165) is 0 Å². The Kier molecular flexibility index (Phi) is 8.98. The largest absolute Gasteiger partial charge is 0.505 e. The Bertz CT molecular complexity index is 1110. The summed E-state index contributed by atoms with van der Waals surface area (Å²) in [5.41, 5.74) is -1.34. The average Bonchev–Trinajstić information content (AvgIpc) is 3.63. The summed E-state index contributed by atoms with van der Waals surface area (Å²) in [6.45, 7) is 21.9. The van der Waals surface area contributed by atoms with Crippen LogP contribution in [0.25, 0.3) is 9.75 Å². The molecule has 3 aliphatic heterocycles. The molecule has 0 saturated carbocycles. The van der Waals surface area contributed by atoms with Crippen molar-refractivity contribution in [2.24, 2.45) is 0 Å². The maximum Gasteiger partial charge on any atom is 0.505 e. The molecule has 4 nitrogen and oxygen atoms in total. The fourth-order valence-electron chi connectivity index (χ4n) is 6.54. The Balaban J connectivity index is 1.57. The highest BCUT2D eigenvalue weighted by atomic mass is 32.1. The van der Waals surface area contributed by atoms with Gasteiger partial charge in [-0.15, -0.1) is 22.7 Å². The lowest BCUT2D eigenvalue weighted by molar-refractivity contribution is 0.00578. The van der Waals surface area contributed by atoms with Crippen molar-refractivity contribution in [3.8, 4) is 9.75 Å². The van der Waals surface area contributed by atoms with Crippen LogP contribution in [-0.2, 0) is 18.6 Å². The van der Waals surface area contributed by atoms with Gasteiger partial charge in [-0.2, -0.15) is 0 Å². The van der Waals surface area contributed by atoms with E-state index >= 15 is 0 Å². The van der Waals surface area contributed by atoms with Crippen molar-refractivity contribution in [2.75, 3.05) is 0 Å². The van der Waals surface area contributed by atoms with Gasteiger partial charge >= 0.3 is 14.2 Å². The van der Waals surface area contributed by atoms with Gasteiger partial charge in [0.1, 0.15) is 8.07 Å². The lowest BCUT2D eigenvalue weighted by atomic mass is 9.88. The summed E-state index contributed by atoms with van der Waals surface area (Å²) in [6.07, 6.45) is 10.5. The number of hydrogen-bond acceptors (Lipinski definition) is 6. The van der Waals surface area contributed by atoms with Crippen molar-refractivity contribution >= 4 is 64.9 Å². The predicted octanol–water partition coefficient (Wildman–Crippen LogP) is 7.11. The van der Waals surface area contributed by atoms with Gasteiger partial charge in [-0.25, -0.2) is 0 Å². The summed E-state index contributed by atoms with van der Waals surface area (Å²) in [7, 11) is -2.57. The molecule has 0 unspecified atom stereocenters. The highest BCUT2D eigenvalue weighted by Crippen LogP contribution is 2.43. The maximum absolute atomic E-state index is 6.57. The van der Waals surface area contributed by atoms with Gasteiger partial charge in [-0.1, -0.05) is 77.3 Å². The van der Waals surface area contributed by atoms with Crippen LogP contribution in [0.3, 0.4) is 0 Å². The zero-order valence-corrected chi connectivity index (χ0v) is 30.0. The fourth-order valence-corrected chi connectivity index (χ4v) is 15.9. The number of unbranched alkanes of at least 4 members (excludes halogenated alkanes) is 6. The summed E-state index contributed by atoms with van der Waals surface area (Å²) in [4.78, 5) is 2.96. The van der Waals surface area contributed by atoms with Crippen molar-refractivity contribution < 1.29 is 18.6 Å². The number of fused-ring (bicyclic) bond motifs is 3. The van der Waals surface area contributed by atoms with Crippen molar-refractivity contribution in [1.29, 1.82) is 0 Å². The molecule has 2 aromatic rings. The topological polar surface area (TPSA) is 36.9 Å². The van der Waals surface area contributed by atoms with E-state index in [1.807, 2.05) is 22.7 Å². The van der Waals surface area contributed by atoms with Crippen molar-refractivity contribution in [2.45, 2.75) is 155 Å². The molecule has 0 aliphatic carbocycles.